The molecule has 0 unspecified atom stereocenters. The van der Waals surface area contributed by atoms with Gasteiger partial charge in [0.2, 0.25) is 5.91 Å². The number of amides is 1. The van der Waals surface area contributed by atoms with Gasteiger partial charge in [0.15, 0.2) is 5.78 Å². The van der Waals surface area contributed by atoms with Crippen LogP contribution in [0.1, 0.15) is 16.8 Å². The summed E-state index contributed by atoms with van der Waals surface area (Å²) in [5, 5.41) is 13.3. The molecule has 0 fully saturated rings. The molecule has 0 aliphatic heterocycles. The van der Waals surface area contributed by atoms with Crippen LogP contribution >= 0.6 is 11.6 Å². The number of carbonyl (C=O) groups is 2. The van der Waals surface area contributed by atoms with Crippen molar-refractivity contribution < 1.29 is 19.2 Å². The molecule has 0 aromatic heterocycles. The Kier molecular flexibility index (Phi) is 5.49. The molecule has 2 rings (SSSR count). The number of Topliss-reactive ketones (excluding diaryl/α,β-unsaturated/α-hetero) is 1. The fourth-order valence-electron chi connectivity index (χ4n) is 1.94. The molecule has 0 aliphatic carbocycles. The highest BCUT2D eigenvalue weighted by Crippen LogP contribution is 2.26. The molecule has 8 heteroatoms. The lowest BCUT2D eigenvalue weighted by molar-refractivity contribution is -0.384. The topological polar surface area (TPSA) is 98.5 Å². The smallest absolute Gasteiger partial charge is 0.271 e. The number of rotatable bonds is 6. The van der Waals surface area contributed by atoms with Crippen molar-refractivity contribution in [1.82, 2.24) is 0 Å². The number of nitro benzene ring substituents is 1. The second kappa shape index (κ2) is 7.56. The Balaban J connectivity index is 2.06. The summed E-state index contributed by atoms with van der Waals surface area (Å²) < 4.78 is 4.99. The lowest BCUT2D eigenvalue weighted by Crippen LogP contribution is -2.17. The number of halogens is 1. The maximum atomic E-state index is 12.1. The monoisotopic (exact) mass is 348 g/mol. The summed E-state index contributed by atoms with van der Waals surface area (Å²) >= 11 is 5.90. The van der Waals surface area contributed by atoms with E-state index in [1.807, 2.05) is 0 Å². The minimum absolute atomic E-state index is 0.0818. The number of ketones is 1. The van der Waals surface area contributed by atoms with Crippen molar-refractivity contribution in [3.05, 3.63) is 63.2 Å². The van der Waals surface area contributed by atoms with Crippen LogP contribution in [-0.4, -0.2) is 23.7 Å². The summed E-state index contributed by atoms with van der Waals surface area (Å²) in [6.45, 7) is 0. The zero-order valence-corrected chi connectivity index (χ0v) is 13.4. The summed E-state index contributed by atoms with van der Waals surface area (Å²) in [4.78, 5) is 34.2. The zero-order valence-electron chi connectivity index (χ0n) is 12.6. The number of nitrogens with one attached hydrogen (secondary N) is 1. The minimum atomic E-state index is -0.613. The summed E-state index contributed by atoms with van der Waals surface area (Å²) in [6.07, 6.45) is -0.411. The maximum Gasteiger partial charge on any atom is 0.271 e. The number of nitrogens with zero attached hydrogens (tertiary/aromatic N) is 1. The molecule has 0 saturated carbocycles. The van der Waals surface area contributed by atoms with Crippen LogP contribution < -0.4 is 10.1 Å². The Labute approximate surface area is 142 Å². The largest absolute Gasteiger partial charge is 0.497 e. The molecule has 1 amide bonds. The van der Waals surface area contributed by atoms with Gasteiger partial charge in [-0.3, -0.25) is 19.7 Å². The Hall–Kier alpha value is -2.93. The lowest BCUT2D eigenvalue weighted by atomic mass is 10.1. The number of hydrogen-bond acceptors (Lipinski definition) is 5. The zero-order chi connectivity index (χ0) is 17.7. The SMILES string of the molecule is COc1ccc(C(=O)CC(=O)Nc2cc([N+](=O)[O-])ccc2Cl)cc1. The molecule has 0 spiro atoms. The molecule has 0 heterocycles. The predicted octanol–water partition coefficient (Wildman–Crippen LogP) is 3.47. The normalized spacial score (nSPS) is 10.1. The van der Waals surface area contributed by atoms with E-state index >= 15 is 0 Å². The molecular weight excluding hydrogens is 336 g/mol. The van der Waals surface area contributed by atoms with Crippen LogP contribution in [0.2, 0.25) is 5.02 Å². The van der Waals surface area contributed by atoms with Crippen molar-refractivity contribution >= 4 is 34.7 Å². The molecule has 7 nitrogen and oxygen atoms in total. The number of ether oxygens (including phenoxy) is 1. The molecule has 2 aromatic rings. The third kappa shape index (κ3) is 4.30. The van der Waals surface area contributed by atoms with Crippen LogP contribution in [-0.2, 0) is 4.79 Å². The molecule has 2 aromatic carbocycles. The Morgan fingerprint density at radius 1 is 1.21 bits per heavy atom. The van der Waals surface area contributed by atoms with E-state index < -0.39 is 23.0 Å². The van der Waals surface area contributed by atoms with Gasteiger partial charge < -0.3 is 10.1 Å². The van der Waals surface area contributed by atoms with Gasteiger partial charge in [0.25, 0.3) is 5.69 Å². The van der Waals surface area contributed by atoms with Gasteiger partial charge in [0, 0.05) is 17.7 Å². The fourth-order valence-corrected chi connectivity index (χ4v) is 2.11. The van der Waals surface area contributed by atoms with E-state index in [1.54, 1.807) is 24.3 Å². The summed E-state index contributed by atoms with van der Waals surface area (Å²) in [7, 11) is 1.51. The minimum Gasteiger partial charge on any atom is -0.497 e. The van der Waals surface area contributed by atoms with Gasteiger partial charge in [0.05, 0.1) is 29.2 Å². The van der Waals surface area contributed by atoms with Crippen molar-refractivity contribution in [2.45, 2.75) is 6.42 Å². The van der Waals surface area contributed by atoms with E-state index in [2.05, 4.69) is 5.32 Å². The fraction of sp³-hybridized carbons (Fsp3) is 0.125. The van der Waals surface area contributed by atoms with Gasteiger partial charge >= 0.3 is 0 Å². The molecule has 124 valence electrons. The number of methoxy groups -OCH3 is 1. The van der Waals surface area contributed by atoms with Crippen molar-refractivity contribution in [3.8, 4) is 5.75 Å². The molecule has 0 aliphatic rings. The lowest BCUT2D eigenvalue weighted by Gasteiger charge is -2.07. The molecule has 24 heavy (non-hydrogen) atoms. The average molecular weight is 349 g/mol. The predicted molar refractivity (Wildman–Crippen MR) is 88.7 cm³/mol. The Morgan fingerprint density at radius 3 is 2.46 bits per heavy atom. The molecule has 1 N–H and O–H groups in total. The van der Waals surface area contributed by atoms with Gasteiger partial charge in [-0.05, 0) is 30.3 Å². The Bertz CT molecular complexity index is 790. The van der Waals surface area contributed by atoms with Crippen LogP contribution in [0.5, 0.6) is 5.75 Å². The standard InChI is InChI=1S/C16H13ClN2O5/c1-24-12-5-2-10(3-6-12)15(20)9-16(21)18-14-8-11(19(22)23)4-7-13(14)17/h2-8H,9H2,1H3,(H,18,21). The number of anilines is 1. The highest BCUT2D eigenvalue weighted by molar-refractivity contribution is 6.34. The maximum absolute atomic E-state index is 12.1. The van der Waals surface area contributed by atoms with E-state index in [1.165, 1.54) is 19.2 Å². The van der Waals surface area contributed by atoms with E-state index in [0.29, 0.717) is 11.3 Å². The third-order valence-corrected chi connectivity index (χ3v) is 3.50. The number of benzene rings is 2. The van der Waals surface area contributed by atoms with Gasteiger partial charge in [0.1, 0.15) is 5.75 Å². The first kappa shape index (κ1) is 17.4. The van der Waals surface area contributed by atoms with Crippen LogP contribution in [0.4, 0.5) is 11.4 Å². The summed E-state index contributed by atoms with van der Waals surface area (Å²) in [5.41, 5.74) is 0.227. The highest BCUT2D eigenvalue weighted by atomic mass is 35.5. The Morgan fingerprint density at radius 2 is 1.88 bits per heavy atom. The first-order valence-electron chi connectivity index (χ1n) is 6.81. The second-order valence-corrected chi connectivity index (χ2v) is 5.21. The van der Waals surface area contributed by atoms with Gasteiger partial charge in [-0.2, -0.15) is 0 Å². The third-order valence-electron chi connectivity index (χ3n) is 3.17. The van der Waals surface area contributed by atoms with Gasteiger partial charge in [-0.1, -0.05) is 11.6 Å². The van der Waals surface area contributed by atoms with E-state index in [-0.39, 0.29) is 16.4 Å². The van der Waals surface area contributed by atoms with Crippen molar-refractivity contribution in [2.75, 3.05) is 12.4 Å². The molecule has 0 saturated heterocycles. The van der Waals surface area contributed by atoms with Crippen molar-refractivity contribution in [3.63, 3.8) is 0 Å². The highest BCUT2D eigenvalue weighted by Gasteiger charge is 2.15. The number of nitro groups is 1. The second-order valence-electron chi connectivity index (χ2n) is 4.80. The average Bonchev–Trinajstić information content (AvgIpc) is 2.56. The molecule has 0 bridgehead atoms. The number of hydrogen-bond donors (Lipinski definition) is 1. The first-order chi connectivity index (χ1) is 11.4. The molecular formula is C16H13ClN2O5. The summed E-state index contributed by atoms with van der Waals surface area (Å²) in [6, 6.07) is 9.99. The van der Waals surface area contributed by atoms with Gasteiger partial charge in [-0.15, -0.1) is 0 Å². The van der Waals surface area contributed by atoms with Crippen LogP contribution in [0.15, 0.2) is 42.5 Å². The van der Waals surface area contributed by atoms with Crippen LogP contribution in [0, 0.1) is 10.1 Å². The molecule has 0 atom stereocenters. The number of carbonyl (C=O) groups excluding carboxylic acids is 2. The van der Waals surface area contributed by atoms with Gasteiger partial charge in [-0.25, -0.2) is 0 Å². The van der Waals surface area contributed by atoms with E-state index in [9.17, 15) is 19.7 Å². The quantitative estimate of drug-likeness (QED) is 0.373. The van der Waals surface area contributed by atoms with Crippen LogP contribution in [0.3, 0.4) is 0 Å². The number of non-ortho nitro benzene ring substituents is 1. The first-order valence-corrected chi connectivity index (χ1v) is 7.19. The van der Waals surface area contributed by atoms with E-state index in [4.69, 9.17) is 16.3 Å². The van der Waals surface area contributed by atoms with Crippen LogP contribution in [0.25, 0.3) is 0 Å². The molecule has 0 radical (unpaired) electrons. The van der Waals surface area contributed by atoms with E-state index in [0.717, 1.165) is 6.07 Å². The summed E-state index contributed by atoms with van der Waals surface area (Å²) in [5.74, 6) is -0.408. The van der Waals surface area contributed by atoms with Crippen molar-refractivity contribution in [2.24, 2.45) is 0 Å². The van der Waals surface area contributed by atoms with Crippen molar-refractivity contribution in [1.29, 1.82) is 0 Å².